The van der Waals surface area contributed by atoms with Crippen molar-refractivity contribution in [3.63, 3.8) is 0 Å². The molecule has 0 amide bonds. The number of carbonyl (C=O) groups is 1. The van der Waals surface area contributed by atoms with Crippen molar-refractivity contribution in [1.82, 2.24) is 24.5 Å². The molecule has 0 saturated heterocycles. The molecule has 2 N–H and O–H groups in total. The molecule has 3 aliphatic rings. The van der Waals surface area contributed by atoms with E-state index in [1.807, 2.05) is 102 Å². The average Bonchev–Trinajstić information content (AvgIpc) is 3.81. The largest absolute Gasteiger partial charge is 0.481 e. The molecule has 8 nitrogen and oxygen atoms in total. The maximum atomic E-state index is 16.8. The lowest BCUT2D eigenvalue weighted by atomic mass is 9.61. The molecule has 4 aromatic heterocycles. The highest BCUT2D eigenvalue weighted by atomic mass is 35.5. The van der Waals surface area contributed by atoms with E-state index < -0.39 is 35.2 Å². The number of nitrogens with zero attached hydrogens (tertiary/aromatic N) is 5. The van der Waals surface area contributed by atoms with Gasteiger partial charge in [-0.05, 0) is 66.3 Å². The van der Waals surface area contributed by atoms with Crippen LogP contribution in [-0.4, -0.2) is 41.6 Å². The maximum Gasteiger partial charge on any atom is 0.308 e. The molecule has 0 spiro atoms. The van der Waals surface area contributed by atoms with Gasteiger partial charge < -0.3 is 15.0 Å². The van der Waals surface area contributed by atoms with E-state index in [0.29, 0.717) is 20.4 Å². The molecule has 7 aromatic rings. The summed E-state index contributed by atoms with van der Waals surface area (Å²) in [5.74, 6) is -3.17. The molecule has 3 aromatic carbocycles. The number of hydrogen-bond acceptors (Lipinski definition) is 7. The summed E-state index contributed by atoms with van der Waals surface area (Å²) in [4.78, 5) is 31.6. The second kappa shape index (κ2) is 13.7. The van der Waals surface area contributed by atoms with E-state index >= 15 is 8.78 Å². The van der Waals surface area contributed by atoms with Gasteiger partial charge in [0, 0.05) is 12.2 Å². The average molecular weight is 759 g/mol. The van der Waals surface area contributed by atoms with E-state index in [1.54, 1.807) is 12.1 Å². The van der Waals surface area contributed by atoms with Crippen molar-refractivity contribution in [2.75, 3.05) is 5.32 Å². The predicted molar refractivity (Wildman–Crippen MR) is 205 cm³/mol. The Bertz CT molecular complexity index is 2390. The van der Waals surface area contributed by atoms with Gasteiger partial charge in [-0.2, -0.15) is 4.39 Å². The molecule has 2 unspecified atom stereocenters. The number of thiophene rings is 1. The second-order valence-electron chi connectivity index (χ2n) is 14.0. The van der Waals surface area contributed by atoms with Gasteiger partial charge in [-0.3, -0.25) is 4.79 Å². The fourth-order valence-electron chi connectivity index (χ4n) is 8.78. The number of aromatic nitrogens is 5. The number of benzene rings is 3. The number of halogens is 3. The molecular weight excluding hydrogens is 726 g/mol. The molecule has 2 atom stereocenters. The first kappa shape index (κ1) is 34.3. The van der Waals surface area contributed by atoms with Gasteiger partial charge in [0.05, 0.1) is 26.9 Å². The minimum Gasteiger partial charge on any atom is -0.481 e. The van der Waals surface area contributed by atoms with Crippen LogP contribution >= 0.6 is 22.9 Å². The molecule has 3 aliphatic carbocycles. The van der Waals surface area contributed by atoms with Crippen LogP contribution in [0.3, 0.4) is 0 Å². The van der Waals surface area contributed by atoms with Crippen LogP contribution in [0.4, 0.5) is 14.6 Å². The maximum absolute atomic E-state index is 16.8. The molecule has 270 valence electrons. The Labute approximate surface area is 318 Å². The van der Waals surface area contributed by atoms with Crippen LogP contribution in [0.1, 0.15) is 42.4 Å². The Balaban J connectivity index is 1.32. The summed E-state index contributed by atoms with van der Waals surface area (Å²) in [6.45, 7) is 0. The summed E-state index contributed by atoms with van der Waals surface area (Å²) in [7, 11) is 0. The molecule has 2 bridgehead atoms. The summed E-state index contributed by atoms with van der Waals surface area (Å²) in [6, 6.07) is 32.7. The van der Waals surface area contributed by atoms with Gasteiger partial charge in [-0.15, -0.1) is 11.3 Å². The summed E-state index contributed by atoms with van der Waals surface area (Å²) in [5, 5.41) is 13.6. The molecule has 0 aliphatic heterocycles. The normalized spacial score (nSPS) is 19.6. The van der Waals surface area contributed by atoms with E-state index in [4.69, 9.17) is 21.6 Å². The van der Waals surface area contributed by atoms with Crippen LogP contribution in [-0.2, 0) is 10.3 Å². The number of hydrogen-bond donors (Lipinski definition) is 2. The van der Waals surface area contributed by atoms with Crippen molar-refractivity contribution in [2.24, 2.45) is 17.8 Å². The third kappa shape index (κ3) is 5.65. The lowest BCUT2D eigenvalue weighted by Crippen LogP contribution is -2.51. The smallest absolute Gasteiger partial charge is 0.308 e. The Kier molecular flexibility index (Phi) is 8.70. The van der Waals surface area contributed by atoms with Crippen LogP contribution in [0.15, 0.2) is 116 Å². The van der Waals surface area contributed by atoms with Gasteiger partial charge in [0.2, 0.25) is 5.95 Å². The number of carboxylic acids is 1. The summed E-state index contributed by atoms with van der Waals surface area (Å²) in [6.07, 6.45) is 6.24. The Morgan fingerprint density at radius 3 is 1.96 bits per heavy atom. The van der Waals surface area contributed by atoms with Crippen LogP contribution in [0, 0.1) is 29.5 Å². The van der Waals surface area contributed by atoms with Gasteiger partial charge in [0.25, 0.3) is 0 Å². The molecule has 3 fully saturated rings. The highest BCUT2D eigenvalue weighted by Gasteiger charge is 2.48. The third-order valence-corrected chi connectivity index (χ3v) is 12.3. The van der Waals surface area contributed by atoms with Crippen LogP contribution in [0.2, 0.25) is 4.34 Å². The third-order valence-electron chi connectivity index (χ3n) is 11.1. The van der Waals surface area contributed by atoms with E-state index in [2.05, 4.69) is 15.3 Å². The fourth-order valence-corrected chi connectivity index (χ4v) is 9.81. The first-order valence-electron chi connectivity index (χ1n) is 17.9. The zero-order valence-corrected chi connectivity index (χ0v) is 30.3. The van der Waals surface area contributed by atoms with Crippen LogP contribution in [0.25, 0.3) is 33.1 Å². The van der Waals surface area contributed by atoms with Crippen molar-refractivity contribution in [3.8, 4) is 22.0 Å². The Morgan fingerprint density at radius 2 is 1.41 bits per heavy atom. The van der Waals surface area contributed by atoms with Crippen molar-refractivity contribution in [3.05, 3.63) is 148 Å². The molecule has 12 heteroatoms. The standard InChI is InChI=1S/C42H33ClF2N6O2S/c43-31-21-20-30(54-31)37-34(45)39(48-35-25-18-16-24(17-19-25)33(35)41(52)53)50-38(49-37)29-23-51(40-36(29)47-32(44)22-46-40)42(26-10-4-1-5-11-26,27-12-6-2-7-13-27)28-14-8-3-9-15-28/h1-15,20-25,33,35H,16-19H2,(H,52,53)(H,48,49,50). The molecule has 4 heterocycles. The van der Waals surface area contributed by atoms with Gasteiger partial charge in [-0.1, -0.05) is 103 Å². The summed E-state index contributed by atoms with van der Waals surface area (Å²) < 4.78 is 34.4. The topological polar surface area (TPSA) is 106 Å². The molecule has 0 radical (unpaired) electrons. The van der Waals surface area contributed by atoms with Crippen molar-refractivity contribution < 1.29 is 18.7 Å². The number of carboxylic acid groups (broad SMARTS) is 1. The minimum atomic E-state index is -1.05. The minimum absolute atomic E-state index is 0.0109. The fraction of sp³-hybridized carbons (Fsp3) is 0.214. The number of rotatable bonds is 9. The molecular formula is C42H33ClF2N6O2S. The first-order chi connectivity index (χ1) is 26.3. The second-order valence-corrected chi connectivity index (χ2v) is 15.7. The van der Waals surface area contributed by atoms with Gasteiger partial charge >= 0.3 is 5.97 Å². The van der Waals surface area contributed by atoms with Gasteiger partial charge in [0.15, 0.2) is 23.1 Å². The SMILES string of the molecule is O=C(O)C1C2CCC(CC2)C1Nc1nc(-c2cn(C(c3ccccc3)(c3ccccc3)c3ccccc3)c3ncc(F)nc23)nc(-c2ccc(Cl)s2)c1F. The number of anilines is 1. The molecule has 3 saturated carbocycles. The number of fused-ring (bicyclic) bond motifs is 4. The summed E-state index contributed by atoms with van der Waals surface area (Å²) >= 11 is 7.50. The van der Waals surface area contributed by atoms with E-state index in [9.17, 15) is 9.90 Å². The molecule has 10 rings (SSSR count). The van der Waals surface area contributed by atoms with Crippen molar-refractivity contribution in [2.45, 2.75) is 37.3 Å². The van der Waals surface area contributed by atoms with E-state index in [-0.39, 0.29) is 34.7 Å². The monoisotopic (exact) mass is 758 g/mol. The lowest BCUT2D eigenvalue weighted by Gasteiger charge is -2.47. The van der Waals surface area contributed by atoms with Gasteiger partial charge in [-0.25, -0.2) is 24.3 Å². The zero-order valence-electron chi connectivity index (χ0n) is 28.7. The van der Waals surface area contributed by atoms with Crippen LogP contribution < -0.4 is 5.32 Å². The highest BCUT2D eigenvalue weighted by Crippen LogP contribution is 2.48. The highest BCUT2D eigenvalue weighted by molar-refractivity contribution is 7.19. The molecule has 54 heavy (non-hydrogen) atoms. The predicted octanol–water partition coefficient (Wildman–Crippen LogP) is 9.69. The number of aliphatic carboxylic acids is 1. The summed E-state index contributed by atoms with van der Waals surface area (Å²) in [5.41, 5.74) is 2.49. The van der Waals surface area contributed by atoms with E-state index in [1.165, 1.54) is 0 Å². The Hall–Kier alpha value is -5.52. The Morgan fingerprint density at radius 1 is 0.815 bits per heavy atom. The van der Waals surface area contributed by atoms with Gasteiger partial charge in [0.1, 0.15) is 16.7 Å². The quantitative estimate of drug-likeness (QED) is 0.141. The van der Waals surface area contributed by atoms with Crippen molar-refractivity contribution in [1.29, 1.82) is 0 Å². The lowest BCUT2D eigenvalue weighted by molar-refractivity contribution is -0.148. The van der Waals surface area contributed by atoms with Crippen molar-refractivity contribution >= 4 is 45.9 Å². The van der Waals surface area contributed by atoms with E-state index in [0.717, 1.165) is 59.9 Å². The zero-order chi connectivity index (χ0) is 37.0. The van der Waals surface area contributed by atoms with Crippen LogP contribution in [0.5, 0.6) is 0 Å². The number of nitrogens with one attached hydrogen (secondary N) is 1. The first-order valence-corrected chi connectivity index (χ1v) is 19.1.